The van der Waals surface area contributed by atoms with Crippen LogP contribution in [-0.2, 0) is 9.59 Å². The van der Waals surface area contributed by atoms with E-state index in [1.54, 1.807) is 17.3 Å². The van der Waals surface area contributed by atoms with Crippen LogP contribution in [0.4, 0.5) is 11.4 Å². The largest absolute Gasteiger partial charge is 0.482 e. The van der Waals surface area contributed by atoms with Gasteiger partial charge in [0, 0.05) is 37.0 Å². The molecule has 2 aromatic rings. The molecule has 1 aromatic carbocycles. The van der Waals surface area contributed by atoms with E-state index in [4.69, 9.17) is 4.74 Å². The number of pyridine rings is 1. The summed E-state index contributed by atoms with van der Waals surface area (Å²) in [4.78, 5) is 29.9. The van der Waals surface area contributed by atoms with Crippen molar-refractivity contribution in [3.8, 4) is 5.75 Å². The van der Waals surface area contributed by atoms with Gasteiger partial charge in [-0.15, -0.1) is 0 Å². The lowest BCUT2D eigenvalue weighted by molar-refractivity contribution is -0.121. The number of rotatable bonds is 2. The fourth-order valence-corrected chi connectivity index (χ4v) is 3.40. The highest BCUT2D eigenvalue weighted by Crippen LogP contribution is 2.44. The number of nitrogens with one attached hydrogen (secondary N) is 1. The molecule has 1 N–H and O–H groups in total. The molecule has 0 spiro atoms. The summed E-state index contributed by atoms with van der Waals surface area (Å²) in [6.45, 7) is 2.53. The van der Waals surface area contributed by atoms with Crippen LogP contribution in [0.5, 0.6) is 5.75 Å². The van der Waals surface area contributed by atoms with Crippen LogP contribution in [-0.4, -0.2) is 29.9 Å². The first-order chi connectivity index (χ1) is 11.7. The molecule has 6 nitrogen and oxygen atoms in total. The van der Waals surface area contributed by atoms with Crippen molar-refractivity contribution in [1.82, 2.24) is 4.98 Å². The van der Waals surface area contributed by atoms with Crippen LogP contribution in [0, 0.1) is 0 Å². The van der Waals surface area contributed by atoms with Gasteiger partial charge in [-0.05, 0) is 42.3 Å². The second-order valence-corrected chi connectivity index (χ2v) is 5.92. The summed E-state index contributed by atoms with van der Waals surface area (Å²) < 4.78 is 5.63. The van der Waals surface area contributed by atoms with Gasteiger partial charge in [-0.25, -0.2) is 0 Å². The SMILES string of the molecule is CCN1C(=O)COc2cc3c(cc21)NC(=O)CC3c1ccncc1. The van der Waals surface area contributed by atoms with Gasteiger partial charge in [0.05, 0.1) is 5.69 Å². The van der Waals surface area contributed by atoms with Crippen molar-refractivity contribution in [3.63, 3.8) is 0 Å². The van der Waals surface area contributed by atoms with E-state index in [1.807, 2.05) is 31.2 Å². The zero-order chi connectivity index (χ0) is 16.7. The molecular formula is C18H17N3O3. The summed E-state index contributed by atoms with van der Waals surface area (Å²) in [5.74, 6) is 0.539. The number of carbonyl (C=O) groups is 2. The van der Waals surface area contributed by atoms with E-state index in [1.165, 1.54) is 0 Å². The quantitative estimate of drug-likeness (QED) is 0.920. The molecule has 0 bridgehead atoms. The second-order valence-electron chi connectivity index (χ2n) is 5.92. The zero-order valence-electron chi connectivity index (χ0n) is 13.3. The molecule has 1 unspecified atom stereocenters. The van der Waals surface area contributed by atoms with E-state index < -0.39 is 0 Å². The van der Waals surface area contributed by atoms with E-state index in [0.717, 1.165) is 16.8 Å². The van der Waals surface area contributed by atoms with Crippen LogP contribution in [0.1, 0.15) is 30.4 Å². The van der Waals surface area contributed by atoms with Crippen molar-refractivity contribution < 1.29 is 14.3 Å². The first-order valence-corrected chi connectivity index (χ1v) is 7.98. The summed E-state index contributed by atoms with van der Waals surface area (Å²) in [6.07, 6.45) is 3.84. The van der Waals surface area contributed by atoms with Crippen molar-refractivity contribution in [2.45, 2.75) is 19.3 Å². The van der Waals surface area contributed by atoms with Gasteiger partial charge >= 0.3 is 0 Å². The maximum absolute atomic E-state index is 12.2. The van der Waals surface area contributed by atoms with Crippen molar-refractivity contribution in [1.29, 1.82) is 0 Å². The Morgan fingerprint density at radius 1 is 1.29 bits per heavy atom. The molecule has 0 aliphatic carbocycles. The van der Waals surface area contributed by atoms with E-state index in [9.17, 15) is 9.59 Å². The predicted molar refractivity (Wildman–Crippen MR) is 89.3 cm³/mol. The van der Waals surface area contributed by atoms with Gasteiger partial charge in [0.15, 0.2) is 6.61 Å². The van der Waals surface area contributed by atoms with Crippen LogP contribution in [0.25, 0.3) is 0 Å². The van der Waals surface area contributed by atoms with Crippen LogP contribution < -0.4 is 15.0 Å². The average molecular weight is 323 g/mol. The van der Waals surface area contributed by atoms with Gasteiger partial charge in [0.25, 0.3) is 5.91 Å². The number of fused-ring (bicyclic) bond motifs is 2. The Labute approximate surface area is 139 Å². The number of carbonyl (C=O) groups excluding carboxylic acids is 2. The summed E-state index contributed by atoms with van der Waals surface area (Å²) >= 11 is 0. The molecular weight excluding hydrogens is 306 g/mol. The summed E-state index contributed by atoms with van der Waals surface area (Å²) in [5, 5.41) is 2.92. The minimum Gasteiger partial charge on any atom is -0.482 e. The normalized spacial score (nSPS) is 19.2. The van der Waals surface area contributed by atoms with E-state index in [0.29, 0.717) is 24.4 Å². The van der Waals surface area contributed by atoms with Crippen LogP contribution >= 0.6 is 0 Å². The van der Waals surface area contributed by atoms with E-state index in [-0.39, 0.29) is 24.3 Å². The molecule has 122 valence electrons. The highest BCUT2D eigenvalue weighted by atomic mass is 16.5. The number of anilines is 2. The van der Waals surface area contributed by atoms with Gasteiger partial charge in [0.2, 0.25) is 5.91 Å². The summed E-state index contributed by atoms with van der Waals surface area (Å²) in [7, 11) is 0. The Morgan fingerprint density at radius 3 is 2.83 bits per heavy atom. The molecule has 6 heteroatoms. The standard InChI is InChI=1S/C18H17N3O3/c1-2-21-15-9-14-13(7-16(15)24-10-18(21)23)12(8-17(22)20-14)11-3-5-19-6-4-11/h3-7,9,12H,2,8,10H2,1H3,(H,20,22). The van der Waals surface area contributed by atoms with Crippen molar-refractivity contribution >= 4 is 23.2 Å². The second kappa shape index (κ2) is 5.63. The molecule has 0 fully saturated rings. The Hall–Kier alpha value is -2.89. The Bertz CT molecular complexity index is 820. The third-order valence-corrected chi connectivity index (χ3v) is 4.54. The highest BCUT2D eigenvalue weighted by Gasteiger charge is 2.31. The third kappa shape index (κ3) is 2.31. The number of likely N-dealkylation sites (N-methyl/N-ethyl adjacent to an activating group) is 1. The zero-order valence-corrected chi connectivity index (χ0v) is 13.3. The Kier molecular flexibility index (Phi) is 3.45. The minimum absolute atomic E-state index is 0.0321. The first-order valence-electron chi connectivity index (χ1n) is 7.98. The topological polar surface area (TPSA) is 71.5 Å². The number of ether oxygens (including phenoxy) is 1. The van der Waals surface area contributed by atoms with Gasteiger partial charge in [0.1, 0.15) is 5.75 Å². The lowest BCUT2D eigenvalue weighted by Crippen LogP contribution is -2.39. The lowest BCUT2D eigenvalue weighted by atomic mass is 9.84. The smallest absolute Gasteiger partial charge is 0.265 e. The monoisotopic (exact) mass is 323 g/mol. The molecule has 2 aliphatic rings. The number of nitrogens with zero attached hydrogens (tertiary/aromatic N) is 2. The number of benzene rings is 1. The number of hydrogen-bond donors (Lipinski definition) is 1. The van der Waals surface area contributed by atoms with Crippen molar-refractivity contribution in [2.75, 3.05) is 23.4 Å². The lowest BCUT2D eigenvalue weighted by Gasteiger charge is -2.32. The summed E-state index contributed by atoms with van der Waals surface area (Å²) in [6, 6.07) is 7.64. The van der Waals surface area contributed by atoms with Crippen LogP contribution in [0.15, 0.2) is 36.7 Å². The van der Waals surface area contributed by atoms with E-state index >= 15 is 0 Å². The third-order valence-electron chi connectivity index (χ3n) is 4.54. The first kappa shape index (κ1) is 14.7. The average Bonchev–Trinajstić information content (AvgIpc) is 2.60. The Morgan fingerprint density at radius 2 is 2.08 bits per heavy atom. The number of aromatic nitrogens is 1. The fraction of sp³-hybridized carbons (Fsp3) is 0.278. The Balaban J connectivity index is 1.84. The highest BCUT2D eigenvalue weighted by molar-refractivity contribution is 6.01. The van der Waals surface area contributed by atoms with Crippen molar-refractivity contribution in [3.05, 3.63) is 47.8 Å². The number of hydrogen-bond acceptors (Lipinski definition) is 4. The predicted octanol–water partition coefficient (Wildman–Crippen LogP) is 2.30. The molecule has 1 aromatic heterocycles. The van der Waals surface area contributed by atoms with Crippen LogP contribution in [0.2, 0.25) is 0 Å². The van der Waals surface area contributed by atoms with Crippen molar-refractivity contribution in [2.24, 2.45) is 0 Å². The molecule has 0 saturated carbocycles. The number of amides is 2. The van der Waals surface area contributed by atoms with Gasteiger partial charge in [-0.1, -0.05) is 0 Å². The molecule has 0 saturated heterocycles. The molecule has 24 heavy (non-hydrogen) atoms. The summed E-state index contributed by atoms with van der Waals surface area (Å²) in [5.41, 5.74) is 3.50. The van der Waals surface area contributed by atoms with Gasteiger partial charge < -0.3 is 15.0 Å². The van der Waals surface area contributed by atoms with Gasteiger partial charge in [-0.3, -0.25) is 14.6 Å². The maximum Gasteiger partial charge on any atom is 0.265 e. The maximum atomic E-state index is 12.2. The molecule has 1 atom stereocenters. The molecule has 2 amide bonds. The molecule has 0 radical (unpaired) electrons. The molecule has 4 rings (SSSR count). The van der Waals surface area contributed by atoms with Gasteiger partial charge in [-0.2, -0.15) is 0 Å². The molecule has 3 heterocycles. The fourth-order valence-electron chi connectivity index (χ4n) is 3.40. The minimum atomic E-state index is -0.0715. The van der Waals surface area contributed by atoms with E-state index in [2.05, 4.69) is 10.3 Å². The van der Waals surface area contributed by atoms with Crippen LogP contribution in [0.3, 0.4) is 0 Å². The molecule has 2 aliphatic heterocycles.